The SMILES string of the molecule is COc1ccc(CO[C@H]2[C@@H](OC)[C@H](/C(C)=C/CCC(C)C)[C@@]3(CO3)C[C@@H]2O)cc1. The van der Waals surface area contributed by atoms with Crippen LogP contribution in [0.5, 0.6) is 5.75 Å². The van der Waals surface area contributed by atoms with Crippen molar-refractivity contribution < 1.29 is 24.1 Å². The molecule has 0 bridgehead atoms. The van der Waals surface area contributed by atoms with Gasteiger partial charge in [0.1, 0.15) is 17.5 Å². The largest absolute Gasteiger partial charge is 0.497 e. The molecule has 1 spiro atoms. The first kappa shape index (κ1) is 22.3. The summed E-state index contributed by atoms with van der Waals surface area (Å²) in [4.78, 5) is 0. The summed E-state index contributed by atoms with van der Waals surface area (Å²) in [5, 5.41) is 10.8. The fourth-order valence-corrected chi connectivity index (χ4v) is 4.53. The van der Waals surface area contributed by atoms with E-state index in [2.05, 4.69) is 26.8 Å². The predicted molar refractivity (Wildman–Crippen MR) is 113 cm³/mol. The van der Waals surface area contributed by atoms with Crippen LogP contribution >= 0.6 is 0 Å². The summed E-state index contributed by atoms with van der Waals surface area (Å²) in [5.41, 5.74) is 2.01. The van der Waals surface area contributed by atoms with Crippen LogP contribution in [0.25, 0.3) is 0 Å². The van der Waals surface area contributed by atoms with Crippen molar-refractivity contribution in [3.63, 3.8) is 0 Å². The molecule has 5 nitrogen and oxygen atoms in total. The lowest BCUT2D eigenvalue weighted by Crippen LogP contribution is -2.56. The van der Waals surface area contributed by atoms with E-state index in [1.807, 2.05) is 24.3 Å². The number of rotatable bonds is 9. The maximum Gasteiger partial charge on any atom is 0.118 e. The maximum absolute atomic E-state index is 10.8. The number of hydrogen-bond donors (Lipinski definition) is 1. The molecule has 1 aliphatic heterocycles. The standard InChI is InChI=1S/C24H36O5/c1-16(2)7-6-8-17(3)21-23(27-5)22(20(25)13-24(21)15-29-24)28-14-18-9-11-19(26-4)12-10-18/h8-12,16,20-23,25H,6-7,13-15H2,1-5H3/b17-8+/t20-,21-,22+,23-,24-/m0/s1. The van der Waals surface area contributed by atoms with Gasteiger partial charge >= 0.3 is 0 Å². The van der Waals surface area contributed by atoms with Gasteiger partial charge in [-0.05, 0) is 43.4 Å². The Morgan fingerprint density at radius 1 is 1.24 bits per heavy atom. The van der Waals surface area contributed by atoms with Crippen molar-refractivity contribution in [2.75, 3.05) is 20.8 Å². The molecule has 29 heavy (non-hydrogen) atoms. The van der Waals surface area contributed by atoms with Crippen LogP contribution in [-0.4, -0.2) is 49.8 Å². The van der Waals surface area contributed by atoms with Gasteiger partial charge in [-0.15, -0.1) is 0 Å². The molecule has 1 saturated carbocycles. The van der Waals surface area contributed by atoms with E-state index in [0.717, 1.165) is 24.2 Å². The summed E-state index contributed by atoms with van der Waals surface area (Å²) in [6.07, 6.45) is 3.87. The van der Waals surface area contributed by atoms with Crippen LogP contribution in [-0.2, 0) is 20.8 Å². The molecule has 3 rings (SSSR count). The molecule has 0 amide bonds. The van der Waals surface area contributed by atoms with Gasteiger partial charge in [-0.25, -0.2) is 0 Å². The van der Waals surface area contributed by atoms with Crippen molar-refractivity contribution in [3.8, 4) is 5.75 Å². The molecule has 1 saturated heterocycles. The maximum atomic E-state index is 10.8. The van der Waals surface area contributed by atoms with Crippen LogP contribution in [0.15, 0.2) is 35.9 Å². The van der Waals surface area contributed by atoms with Gasteiger partial charge in [-0.1, -0.05) is 37.6 Å². The first-order valence-corrected chi connectivity index (χ1v) is 10.7. The number of aliphatic hydroxyl groups excluding tert-OH is 1. The van der Waals surface area contributed by atoms with E-state index in [-0.39, 0.29) is 17.6 Å². The molecule has 1 heterocycles. The molecule has 1 N–H and O–H groups in total. The summed E-state index contributed by atoms with van der Waals surface area (Å²) in [6, 6.07) is 7.80. The summed E-state index contributed by atoms with van der Waals surface area (Å²) in [5.74, 6) is 1.59. The molecule has 5 atom stereocenters. The van der Waals surface area contributed by atoms with Crippen LogP contribution in [0.2, 0.25) is 0 Å². The number of ether oxygens (including phenoxy) is 4. The van der Waals surface area contributed by atoms with E-state index < -0.39 is 12.2 Å². The number of hydrogen-bond acceptors (Lipinski definition) is 5. The van der Waals surface area contributed by atoms with Crippen LogP contribution < -0.4 is 4.74 Å². The minimum atomic E-state index is -0.611. The van der Waals surface area contributed by atoms with Gasteiger partial charge in [0.15, 0.2) is 0 Å². The number of benzene rings is 1. The lowest BCUT2D eigenvalue weighted by Gasteiger charge is -2.44. The van der Waals surface area contributed by atoms with E-state index in [1.54, 1.807) is 14.2 Å². The summed E-state index contributed by atoms with van der Waals surface area (Å²) >= 11 is 0. The number of epoxide rings is 1. The summed E-state index contributed by atoms with van der Waals surface area (Å²) in [7, 11) is 3.36. The Bertz CT molecular complexity index is 677. The van der Waals surface area contributed by atoms with Crippen LogP contribution in [0, 0.1) is 11.8 Å². The van der Waals surface area contributed by atoms with Crippen molar-refractivity contribution in [2.45, 2.75) is 70.6 Å². The quantitative estimate of drug-likeness (QED) is 0.495. The van der Waals surface area contributed by atoms with Gasteiger partial charge in [-0.2, -0.15) is 0 Å². The van der Waals surface area contributed by atoms with Gasteiger partial charge in [0.05, 0.1) is 32.5 Å². The third-order valence-corrected chi connectivity index (χ3v) is 6.24. The second kappa shape index (κ2) is 9.61. The lowest BCUT2D eigenvalue weighted by atomic mass is 9.70. The normalized spacial score (nSPS) is 32.0. The molecule has 2 fully saturated rings. The first-order chi connectivity index (χ1) is 13.9. The monoisotopic (exact) mass is 404 g/mol. The minimum absolute atomic E-state index is 0.101. The zero-order valence-electron chi connectivity index (χ0n) is 18.4. The van der Waals surface area contributed by atoms with Crippen molar-refractivity contribution in [1.29, 1.82) is 0 Å². The Balaban J connectivity index is 1.72. The van der Waals surface area contributed by atoms with Gasteiger partial charge in [0, 0.05) is 19.4 Å². The Hall–Kier alpha value is -1.40. The number of allylic oxidation sites excluding steroid dienone is 1. The molecule has 0 unspecified atom stereocenters. The molecule has 1 aromatic rings. The average molecular weight is 405 g/mol. The number of aliphatic hydroxyl groups is 1. The lowest BCUT2D eigenvalue weighted by molar-refractivity contribution is -0.169. The first-order valence-electron chi connectivity index (χ1n) is 10.7. The number of methoxy groups -OCH3 is 2. The van der Waals surface area contributed by atoms with Gasteiger partial charge in [-0.3, -0.25) is 0 Å². The molecular formula is C24H36O5. The van der Waals surface area contributed by atoms with Crippen LogP contribution in [0.4, 0.5) is 0 Å². The van der Waals surface area contributed by atoms with Crippen molar-refractivity contribution in [3.05, 3.63) is 41.5 Å². The van der Waals surface area contributed by atoms with Crippen LogP contribution in [0.3, 0.4) is 0 Å². The van der Waals surface area contributed by atoms with Gasteiger partial charge < -0.3 is 24.1 Å². The molecule has 0 radical (unpaired) electrons. The fraction of sp³-hybridized carbons (Fsp3) is 0.667. The molecule has 5 heteroatoms. The highest BCUT2D eigenvalue weighted by Crippen LogP contribution is 2.50. The van der Waals surface area contributed by atoms with E-state index in [4.69, 9.17) is 18.9 Å². The Kier molecular flexibility index (Phi) is 7.38. The molecule has 162 valence electrons. The minimum Gasteiger partial charge on any atom is -0.497 e. The fourth-order valence-electron chi connectivity index (χ4n) is 4.53. The topological polar surface area (TPSA) is 60.5 Å². The second-order valence-electron chi connectivity index (χ2n) is 8.85. The Morgan fingerprint density at radius 2 is 1.93 bits per heavy atom. The van der Waals surface area contributed by atoms with Crippen molar-refractivity contribution >= 4 is 0 Å². The van der Waals surface area contributed by atoms with Gasteiger partial charge in [0.25, 0.3) is 0 Å². The van der Waals surface area contributed by atoms with E-state index in [0.29, 0.717) is 25.6 Å². The zero-order chi connectivity index (χ0) is 21.0. The smallest absolute Gasteiger partial charge is 0.118 e. The van der Waals surface area contributed by atoms with Crippen molar-refractivity contribution in [1.82, 2.24) is 0 Å². The van der Waals surface area contributed by atoms with E-state index in [9.17, 15) is 5.11 Å². The second-order valence-corrected chi connectivity index (χ2v) is 8.85. The molecule has 1 aromatic carbocycles. The third kappa shape index (κ3) is 5.21. The Labute approximate surface area is 175 Å². The summed E-state index contributed by atoms with van der Waals surface area (Å²) in [6.45, 7) is 7.75. The van der Waals surface area contributed by atoms with Gasteiger partial charge in [0.2, 0.25) is 0 Å². The highest BCUT2D eigenvalue weighted by molar-refractivity contribution is 5.27. The molecule has 2 aliphatic rings. The molecular weight excluding hydrogens is 368 g/mol. The highest BCUT2D eigenvalue weighted by atomic mass is 16.6. The molecule has 0 aromatic heterocycles. The predicted octanol–water partition coefficient (Wildman–Crippen LogP) is 4.13. The highest BCUT2D eigenvalue weighted by Gasteiger charge is 2.62. The average Bonchev–Trinajstić information content (AvgIpc) is 3.46. The molecule has 1 aliphatic carbocycles. The van der Waals surface area contributed by atoms with Crippen molar-refractivity contribution in [2.24, 2.45) is 11.8 Å². The van der Waals surface area contributed by atoms with Crippen LogP contribution in [0.1, 0.15) is 45.6 Å². The zero-order valence-corrected chi connectivity index (χ0v) is 18.4. The van der Waals surface area contributed by atoms with E-state index >= 15 is 0 Å². The summed E-state index contributed by atoms with van der Waals surface area (Å²) < 4.78 is 23.2. The third-order valence-electron chi connectivity index (χ3n) is 6.24. The Morgan fingerprint density at radius 3 is 2.48 bits per heavy atom. The van der Waals surface area contributed by atoms with E-state index in [1.165, 1.54) is 5.57 Å².